The van der Waals surface area contributed by atoms with Crippen molar-refractivity contribution in [1.82, 2.24) is 5.32 Å². The van der Waals surface area contributed by atoms with Gasteiger partial charge in [0.05, 0.1) is 13.6 Å². The molecule has 2 aromatic carbocycles. The van der Waals surface area contributed by atoms with Gasteiger partial charge in [0.25, 0.3) is 5.91 Å². The maximum absolute atomic E-state index is 11.5. The van der Waals surface area contributed by atoms with E-state index < -0.39 is 0 Å². The van der Waals surface area contributed by atoms with Crippen LogP contribution in [0.15, 0.2) is 53.4 Å². The number of carbonyl (C=O) groups excluding carboxylic acids is 1. The van der Waals surface area contributed by atoms with Crippen LogP contribution in [0.25, 0.3) is 0 Å². The Morgan fingerprint density at radius 2 is 1.78 bits per heavy atom. The van der Waals surface area contributed by atoms with Crippen molar-refractivity contribution in [2.75, 3.05) is 26.4 Å². The number of benzene rings is 2. The third kappa shape index (κ3) is 5.90. The molecule has 0 saturated carbocycles. The molecule has 0 aromatic heterocycles. The van der Waals surface area contributed by atoms with E-state index in [9.17, 15) is 4.79 Å². The van der Waals surface area contributed by atoms with Gasteiger partial charge in [-0.05, 0) is 36.4 Å². The second kappa shape index (κ2) is 8.96. The van der Waals surface area contributed by atoms with Gasteiger partial charge in [-0.3, -0.25) is 4.79 Å². The van der Waals surface area contributed by atoms with Gasteiger partial charge in [0.15, 0.2) is 0 Å². The minimum absolute atomic E-state index is 0.0448. The topological polar surface area (TPSA) is 33.5 Å². The van der Waals surface area contributed by atoms with E-state index in [4.69, 9.17) is 11.6 Å². The second-order valence-electron chi connectivity index (χ2n) is 5.46. The van der Waals surface area contributed by atoms with Crippen molar-refractivity contribution in [1.29, 1.82) is 0 Å². The second-order valence-corrected chi connectivity index (χ2v) is 7.07. The third-order valence-electron chi connectivity index (χ3n) is 3.56. The summed E-state index contributed by atoms with van der Waals surface area (Å²) in [6.45, 7) is 2.03. The van der Waals surface area contributed by atoms with Gasteiger partial charge >= 0.3 is 0 Å². The van der Waals surface area contributed by atoms with E-state index in [1.54, 1.807) is 7.05 Å². The molecule has 0 fully saturated rings. The number of amides is 1. The molecule has 3 nitrogen and oxygen atoms in total. The molecular formula is C18H22ClN2OS+. The van der Waals surface area contributed by atoms with Crippen LogP contribution in [0.2, 0.25) is 5.02 Å². The Balaban J connectivity index is 1.77. The summed E-state index contributed by atoms with van der Waals surface area (Å²) in [6, 6.07) is 15.8. The van der Waals surface area contributed by atoms with E-state index in [-0.39, 0.29) is 5.91 Å². The molecule has 1 amide bonds. The quantitative estimate of drug-likeness (QED) is 0.753. The molecule has 0 aliphatic carbocycles. The van der Waals surface area contributed by atoms with Crippen molar-refractivity contribution in [2.45, 2.75) is 11.4 Å². The minimum Gasteiger partial charge on any atom is -0.355 e. The molecule has 0 heterocycles. The number of hydrogen-bond acceptors (Lipinski definition) is 2. The average molecular weight is 350 g/mol. The molecular weight excluding hydrogens is 328 g/mol. The number of thioether (sulfide) groups is 1. The molecule has 0 aliphatic rings. The predicted octanol–water partition coefficient (Wildman–Crippen LogP) is 2.51. The van der Waals surface area contributed by atoms with E-state index in [2.05, 4.69) is 24.5 Å². The Labute approximate surface area is 147 Å². The lowest BCUT2D eigenvalue weighted by Gasteiger charge is -2.14. The van der Waals surface area contributed by atoms with Gasteiger partial charge in [-0.25, -0.2) is 0 Å². The molecule has 122 valence electrons. The summed E-state index contributed by atoms with van der Waals surface area (Å²) in [5.74, 6) is 1.01. The lowest BCUT2D eigenvalue weighted by Crippen LogP contribution is -3.08. The number of halogens is 1. The van der Waals surface area contributed by atoms with Crippen molar-refractivity contribution in [3.05, 3.63) is 64.7 Å². The molecule has 0 spiro atoms. The monoisotopic (exact) mass is 349 g/mol. The van der Waals surface area contributed by atoms with Crippen LogP contribution in [0.5, 0.6) is 0 Å². The number of carbonyl (C=O) groups is 1. The molecule has 0 bridgehead atoms. The smallest absolute Gasteiger partial charge is 0.251 e. The van der Waals surface area contributed by atoms with Crippen LogP contribution in [0.1, 0.15) is 15.9 Å². The fourth-order valence-electron chi connectivity index (χ4n) is 2.23. The van der Waals surface area contributed by atoms with E-state index in [0.717, 1.165) is 23.9 Å². The maximum Gasteiger partial charge on any atom is 0.251 e. The Morgan fingerprint density at radius 3 is 2.39 bits per heavy atom. The summed E-state index contributed by atoms with van der Waals surface area (Å²) in [7, 11) is 3.83. The Kier molecular flexibility index (Phi) is 6.96. The molecule has 23 heavy (non-hydrogen) atoms. The first kappa shape index (κ1) is 17.9. The number of nitrogens with one attached hydrogen (secondary N) is 2. The highest BCUT2D eigenvalue weighted by atomic mass is 35.5. The SMILES string of the molecule is CNC(=O)c1ccc(C[NH+](C)CCSc2ccc(Cl)cc2)cc1. The van der Waals surface area contributed by atoms with Crippen LogP contribution in [-0.2, 0) is 6.54 Å². The highest BCUT2D eigenvalue weighted by molar-refractivity contribution is 7.99. The Bertz CT molecular complexity index is 628. The summed E-state index contributed by atoms with van der Waals surface area (Å²) in [5, 5.41) is 3.41. The molecule has 2 rings (SSSR count). The van der Waals surface area contributed by atoms with Gasteiger partial charge in [-0.1, -0.05) is 23.7 Å². The highest BCUT2D eigenvalue weighted by Gasteiger charge is 2.06. The number of quaternary nitrogens is 1. The Hall–Kier alpha value is -1.49. The summed E-state index contributed by atoms with van der Waals surface area (Å²) < 4.78 is 0. The normalized spacial score (nSPS) is 12.0. The predicted molar refractivity (Wildman–Crippen MR) is 97.5 cm³/mol. The van der Waals surface area contributed by atoms with Crippen LogP contribution in [-0.4, -0.2) is 32.3 Å². The zero-order chi connectivity index (χ0) is 16.7. The van der Waals surface area contributed by atoms with E-state index in [1.165, 1.54) is 15.4 Å². The largest absolute Gasteiger partial charge is 0.355 e. The molecule has 0 aliphatic heterocycles. The van der Waals surface area contributed by atoms with E-state index in [0.29, 0.717) is 5.56 Å². The lowest BCUT2D eigenvalue weighted by molar-refractivity contribution is -0.891. The summed E-state index contributed by atoms with van der Waals surface area (Å²) >= 11 is 7.73. The summed E-state index contributed by atoms with van der Waals surface area (Å²) in [6.07, 6.45) is 0. The zero-order valence-corrected chi connectivity index (χ0v) is 15.0. The first-order valence-electron chi connectivity index (χ1n) is 7.59. The standard InChI is InChI=1S/C18H21ClN2OS/c1-20-18(22)15-5-3-14(4-6-15)13-21(2)11-12-23-17-9-7-16(19)8-10-17/h3-10H,11-13H2,1-2H3,(H,20,22)/p+1. The third-order valence-corrected chi connectivity index (χ3v) is 4.83. The van der Waals surface area contributed by atoms with Gasteiger partial charge in [-0.15, -0.1) is 11.8 Å². The van der Waals surface area contributed by atoms with Crippen LogP contribution in [0, 0.1) is 0 Å². The average Bonchev–Trinajstić information content (AvgIpc) is 2.56. The van der Waals surface area contributed by atoms with Gasteiger partial charge in [0.1, 0.15) is 6.54 Å². The van der Waals surface area contributed by atoms with Crippen LogP contribution < -0.4 is 10.2 Å². The summed E-state index contributed by atoms with van der Waals surface area (Å²) in [5.41, 5.74) is 1.94. The molecule has 0 radical (unpaired) electrons. The minimum atomic E-state index is -0.0448. The van der Waals surface area contributed by atoms with E-state index >= 15 is 0 Å². The van der Waals surface area contributed by atoms with Crippen molar-refractivity contribution in [2.24, 2.45) is 0 Å². The summed E-state index contributed by atoms with van der Waals surface area (Å²) in [4.78, 5) is 14.2. The first-order chi connectivity index (χ1) is 11.1. The van der Waals surface area contributed by atoms with Crippen LogP contribution in [0.3, 0.4) is 0 Å². The molecule has 1 atom stereocenters. The number of rotatable bonds is 7. The van der Waals surface area contributed by atoms with Gasteiger partial charge in [-0.2, -0.15) is 0 Å². The van der Waals surface area contributed by atoms with Crippen molar-refractivity contribution < 1.29 is 9.69 Å². The molecule has 1 unspecified atom stereocenters. The first-order valence-corrected chi connectivity index (χ1v) is 8.95. The molecule has 2 aromatic rings. The van der Waals surface area contributed by atoms with E-state index in [1.807, 2.05) is 48.2 Å². The highest BCUT2D eigenvalue weighted by Crippen LogP contribution is 2.19. The van der Waals surface area contributed by atoms with Gasteiger partial charge in [0.2, 0.25) is 0 Å². The van der Waals surface area contributed by atoms with Crippen molar-refractivity contribution >= 4 is 29.3 Å². The maximum atomic E-state index is 11.5. The van der Waals surface area contributed by atoms with Crippen LogP contribution >= 0.6 is 23.4 Å². The lowest BCUT2D eigenvalue weighted by atomic mass is 10.1. The zero-order valence-electron chi connectivity index (χ0n) is 13.4. The van der Waals surface area contributed by atoms with Crippen molar-refractivity contribution in [3.63, 3.8) is 0 Å². The fourth-order valence-corrected chi connectivity index (χ4v) is 3.37. The van der Waals surface area contributed by atoms with Crippen molar-refractivity contribution in [3.8, 4) is 0 Å². The molecule has 2 N–H and O–H groups in total. The number of hydrogen-bond donors (Lipinski definition) is 2. The van der Waals surface area contributed by atoms with Gasteiger partial charge in [0, 0.05) is 33.8 Å². The Morgan fingerprint density at radius 1 is 1.13 bits per heavy atom. The van der Waals surface area contributed by atoms with Crippen LogP contribution in [0.4, 0.5) is 0 Å². The molecule has 0 saturated heterocycles. The molecule has 5 heteroatoms. The van der Waals surface area contributed by atoms with Gasteiger partial charge < -0.3 is 10.2 Å². The fraction of sp³-hybridized carbons (Fsp3) is 0.278.